The molecule has 0 saturated carbocycles. The fourth-order valence-electron chi connectivity index (χ4n) is 1.43. The van der Waals surface area contributed by atoms with E-state index in [0.29, 0.717) is 5.82 Å². The van der Waals surface area contributed by atoms with Crippen LogP contribution in [-0.2, 0) is 0 Å². The number of nitro groups is 1. The summed E-state index contributed by atoms with van der Waals surface area (Å²) in [6, 6.07) is 4.03. The number of hydrogen-bond donors (Lipinski definition) is 1. The van der Waals surface area contributed by atoms with Crippen LogP contribution in [0.2, 0.25) is 0 Å². The zero-order valence-electron chi connectivity index (χ0n) is 9.27. The first-order valence-electron chi connectivity index (χ1n) is 4.90. The van der Waals surface area contributed by atoms with Gasteiger partial charge in [-0.15, -0.1) is 0 Å². The number of carbonyl (C=O) groups is 1. The minimum absolute atomic E-state index is 0.0932. The number of nitrogens with zero attached hydrogens (tertiary/aromatic N) is 4. The number of aryl methyl sites for hydroxylation is 1. The topological polar surface area (TPSA) is 111 Å². The van der Waals surface area contributed by atoms with E-state index in [-0.39, 0.29) is 17.1 Å². The molecule has 0 aliphatic carbocycles. The summed E-state index contributed by atoms with van der Waals surface area (Å²) in [4.78, 5) is 24.8. The van der Waals surface area contributed by atoms with Crippen LogP contribution in [0.3, 0.4) is 0 Å². The second-order valence-electron chi connectivity index (χ2n) is 3.48. The van der Waals surface area contributed by atoms with Crippen LogP contribution in [0.1, 0.15) is 16.2 Å². The second-order valence-corrected chi connectivity index (χ2v) is 3.48. The van der Waals surface area contributed by atoms with E-state index in [4.69, 9.17) is 5.11 Å². The average Bonchev–Trinajstić information content (AvgIpc) is 2.77. The number of carboxylic acids is 1. The number of carboxylic acid groups (broad SMARTS) is 1. The Morgan fingerprint density at radius 3 is 2.67 bits per heavy atom. The van der Waals surface area contributed by atoms with Crippen LogP contribution in [0.5, 0.6) is 0 Å². The second kappa shape index (κ2) is 4.24. The Balaban J connectivity index is 2.42. The fourth-order valence-corrected chi connectivity index (χ4v) is 1.43. The molecule has 0 spiro atoms. The molecular weight excluding hydrogens is 240 g/mol. The SMILES string of the molecule is Cc1nc(-n2ccc(C(=O)O)n2)ccc1[N+](=O)[O-]. The summed E-state index contributed by atoms with van der Waals surface area (Å²) < 4.78 is 1.25. The van der Waals surface area contributed by atoms with Crippen molar-refractivity contribution < 1.29 is 14.8 Å². The Labute approximate surface area is 101 Å². The van der Waals surface area contributed by atoms with Crippen LogP contribution in [0.4, 0.5) is 5.69 Å². The maximum atomic E-state index is 10.7. The molecule has 0 radical (unpaired) electrons. The Morgan fingerprint density at radius 2 is 2.17 bits per heavy atom. The van der Waals surface area contributed by atoms with Gasteiger partial charge >= 0.3 is 5.97 Å². The zero-order chi connectivity index (χ0) is 13.3. The van der Waals surface area contributed by atoms with Crippen LogP contribution in [0, 0.1) is 17.0 Å². The highest BCUT2D eigenvalue weighted by atomic mass is 16.6. The van der Waals surface area contributed by atoms with Crippen molar-refractivity contribution in [1.29, 1.82) is 0 Å². The van der Waals surface area contributed by atoms with Gasteiger partial charge in [0.2, 0.25) is 0 Å². The molecule has 0 amide bonds. The molecule has 0 saturated heterocycles. The molecule has 0 bridgehead atoms. The standard InChI is InChI=1S/C10H8N4O4/c1-6-8(14(17)18)2-3-9(11-6)13-5-4-7(12-13)10(15)16/h2-5H,1H3,(H,15,16). The summed E-state index contributed by atoms with van der Waals surface area (Å²) in [6.07, 6.45) is 1.43. The third-order valence-corrected chi connectivity index (χ3v) is 2.28. The molecule has 8 heteroatoms. The Kier molecular flexibility index (Phi) is 2.76. The van der Waals surface area contributed by atoms with E-state index in [0.717, 1.165) is 0 Å². The van der Waals surface area contributed by atoms with Gasteiger partial charge in [-0.1, -0.05) is 0 Å². The van der Waals surface area contributed by atoms with Gasteiger partial charge in [0.15, 0.2) is 11.5 Å². The quantitative estimate of drug-likeness (QED) is 0.644. The van der Waals surface area contributed by atoms with Gasteiger partial charge in [0, 0.05) is 12.3 Å². The molecule has 8 nitrogen and oxygen atoms in total. The highest BCUT2D eigenvalue weighted by molar-refractivity contribution is 5.85. The molecular formula is C10H8N4O4. The normalized spacial score (nSPS) is 10.3. The third-order valence-electron chi connectivity index (χ3n) is 2.28. The first-order chi connectivity index (χ1) is 8.49. The third kappa shape index (κ3) is 2.03. The number of aromatic nitrogens is 3. The van der Waals surface area contributed by atoms with Crippen LogP contribution in [0.15, 0.2) is 24.4 Å². The summed E-state index contributed by atoms with van der Waals surface area (Å²) in [7, 11) is 0. The summed E-state index contributed by atoms with van der Waals surface area (Å²) in [6.45, 7) is 1.50. The zero-order valence-corrected chi connectivity index (χ0v) is 9.27. The predicted octanol–water partition coefficient (Wildman–Crippen LogP) is 1.18. The molecule has 0 atom stereocenters. The van der Waals surface area contributed by atoms with Gasteiger partial charge in [0.1, 0.15) is 5.69 Å². The van der Waals surface area contributed by atoms with Crippen molar-refractivity contribution in [3.63, 3.8) is 0 Å². The maximum absolute atomic E-state index is 10.7. The minimum atomic E-state index is -1.15. The molecule has 0 aromatic carbocycles. The van der Waals surface area contributed by atoms with Crippen molar-refractivity contribution in [2.75, 3.05) is 0 Å². The van der Waals surface area contributed by atoms with Crippen LogP contribution in [0.25, 0.3) is 5.82 Å². The van der Waals surface area contributed by atoms with Crippen LogP contribution < -0.4 is 0 Å². The molecule has 1 N–H and O–H groups in total. The summed E-state index contributed by atoms with van der Waals surface area (Å²) in [5.74, 6) is -0.821. The van der Waals surface area contributed by atoms with E-state index in [1.165, 1.54) is 36.0 Å². The maximum Gasteiger partial charge on any atom is 0.356 e. The van der Waals surface area contributed by atoms with Gasteiger partial charge in [0.25, 0.3) is 5.69 Å². The van der Waals surface area contributed by atoms with Crippen molar-refractivity contribution in [2.24, 2.45) is 0 Å². The Bertz CT molecular complexity index is 635. The molecule has 0 aliphatic heterocycles. The molecule has 0 aliphatic rings. The van der Waals surface area contributed by atoms with E-state index in [9.17, 15) is 14.9 Å². The fraction of sp³-hybridized carbons (Fsp3) is 0.100. The first-order valence-corrected chi connectivity index (χ1v) is 4.90. The van der Waals surface area contributed by atoms with Gasteiger partial charge in [0.05, 0.1) is 4.92 Å². The van der Waals surface area contributed by atoms with Gasteiger partial charge in [-0.2, -0.15) is 5.10 Å². The van der Waals surface area contributed by atoms with Crippen LogP contribution >= 0.6 is 0 Å². The smallest absolute Gasteiger partial charge is 0.356 e. The molecule has 18 heavy (non-hydrogen) atoms. The van der Waals surface area contributed by atoms with Gasteiger partial charge in [-0.25, -0.2) is 14.5 Å². The Hall–Kier alpha value is -2.77. The van der Waals surface area contributed by atoms with Crippen LogP contribution in [-0.4, -0.2) is 30.8 Å². The van der Waals surface area contributed by atoms with E-state index in [1.54, 1.807) is 0 Å². The lowest BCUT2D eigenvalue weighted by Crippen LogP contribution is -2.04. The molecule has 0 fully saturated rings. The molecule has 92 valence electrons. The lowest BCUT2D eigenvalue weighted by atomic mass is 10.3. The Morgan fingerprint density at radius 1 is 1.44 bits per heavy atom. The van der Waals surface area contributed by atoms with E-state index in [1.807, 2.05) is 0 Å². The monoisotopic (exact) mass is 248 g/mol. The molecule has 2 heterocycles. The van der Waals surface area contributed by atoms with E-state index in [2.05, 4.69) is 10.1 Å². The van der Waals surface area contributed by atoms with Gasteiger partial charge in [-0.05, 0) is 19.1 Å². The number of aromatic carboxylic acids is 1. The lowest BCUT2D eigenvalue weighted by molar-refractivity contribution is -0.385. The summed E-state index contributed by atoms with van der Waals surface area (Å²) >= 11 is 0. The first kappa shape index (κ1) is 11.7. The van der Waals surface area contributed by atoms with E-state index >= 15 is 0 Å². The molecule has 2 aromatic rings. The molecule has 0 unspecified atom stereocenters. The highest BCUT2D eigenvalue weighted by Gasteiger charge is 2.14. The summed E-state index contributed by atoms with van der Waals surface area (Å²) in [5, 5.41) is 23.1. The minimum Gasteiger partial charge on any atom is -0.476 e. The van der Waals surface area contributed by atoms with Gasteiger partial charge < -0.3 is 5.11 Å². The largest absolute Gasteiger partial charge is 0.476 e. The number of hydrogen-bond acceptors (Lipinski definition) is 5. The summed E-state index contributed by atoms with van der Waals surface area (Å²) in [5.41, 5.74) is 0.0297. The van der Waals surface area contributed by atoms with Crippen molar-refractivity contribution in [2.45, 2.75) is 6.92 Å². The average molecular weight is 248 g/mol. The van der Waals surface area contributed by atoms with Crippen molar-refractivity contribution in [3.05, 3.63) is 45.9 Å². The van der Waals surface area contributed by atoms with Gasteiger partial charge in [-0.3, -0.25) is 10.1 Å². The van der Waals surface area contributed by atoms with Crippen molar-refractivity contribution >= 4 is 11.7 Å². The molecule has 2 aromatic heterocycles. The lowest BCUT2D eigenvalue weighted by Gasteiger charge is -2.01. The number of pyridine rings is 1. The van der Waals surface area contributed by atoms with Crippen molar-refractivity contribution in [3.8, 4) is 5.82 Å². The highest BCUT2D eigenvalue weighted by Crippen LogP contribution is 2.17. The van der Waals surface area contributed by atoms with Crippen molar-refractivity contribution in [1.82, 2.24) is 14.8 Å². The number of rotatable bonds is 3. The molecule has 2 rings (SSSR count). The predicted molar refractivity (Wildman–Crippen MR) is 59.7 cm³/mol. The van der Waals surface area contributed by atoms with E-state index < -0.39 is 10.9 Å².